The van der Waals surface area contributed by atoms with Gasteiger partial charge in [0.25, 0.3) is 11.8 Å². The lowest BCUT2D eigenvalue weighted by molar-refractivity contribution is -0.101. The van der Waals surface area contributed by atoms with Crippen molar-refractivity contribution < 1.29 is 14.4 Å². The fourth-order valence-corrected chi connectivity index (χ4v) is 1.78. The maximum Gasteiger partial charge on any atom is 0.285 e. The topological polar surface area (TPSA) is 75.3 Å². The highest BCUT2D eigenvalue weighted by Crippen LogP contribution is 2.23. The van der Waals surface area contributed by atoms with Crippen LogP contribution in [0.3, 0.4) is 0 Å². The molecule has 2 heterocycles. The number of hydrogen-bond donors (Lipinski definition) is 1. The summed E-state index contributed by atoms with van der Waals surface area (Å²) in [6.45, 7) is 0.113. The summed E-state index contributed by atoms with van der Waals surface area (Å²) in [6.07, 6.45) is 3.20. The minimum Gasteiger partial charge on any atom is -0.285 e. The molecule has 1 aromatic heterocycles. The minimum atomic E-state index is -0.431. The van der Waals surface area contributed by atoms with Crippen LogP contribution in [-0.4, -0.2) is 27.1 Å². The molecule has 2 aromatic rings. The number of aromatic nitrogens is 2. The lowest BCUT2D eigenvalue weighted by Crippen LogP contribution is -2.29. The van der Waals surface area contributed by atoms with E-state index in [9.17, 15) is 9.59 Å². The van der Waals surface area contributed by atoms with E-state index in [4.69, 9.17) is 4.84 Å². The third-order valence-electron chi connectivity index (χ3n) is 2.67. The van der Waals surface area contributed by atoms with E-state index in [1.165, 1.54) is 0 Å². The summed E-state index contributed by atoms with van der Waals surface area (Å²) in [6, 6.07) is 6.64. The Balaban J connectivity index is 1.80. The molecule has 0 spiro atoms. The molecule has 3 rings (SSSR count). The fraction of sp³-hybridized carbons (Fsp3) is 0.0833. The second kappa shape index (κ2) is 4.08. The number of fused-ring (bicyclic) bond motifs is 1. The van der Waals surface area contributed by atoms with Crippen molar-refractivity contribution >= 4 is 11.8 Å². The number of carbonyl (C=O) groups excluding carboxylic acids is 2. The first-order chi connectivity index (χ1) is 8.77. The molecule has 1 aromatic carbocycles. The summed E-state index contributed by atoms with van der Waals surface area (Å²) in [5.41, 5.74) is 1.50. The van der Waals surface area contributed by atoms with Crippen molar-refractivity contribution in [3.8, 4) is 0 Å². The quantitative estimate of drug-likeness (QED) is 0.820. The average molecular weight is 243 g/mol. The largest absolute Gasteiger partial charge is 0.285 e. The van der Waals surface area contributed by atoms with E-state index in [2.05, 4.69) is 10.2 Å². The van der Waals surface area contributed by atoms with Crippen LogP contribution < -0.4 is 0 Å². The van der Waals surface area contributed by atoms with Gasteiger partial charge in [-0.2, -0.15) is 5.10 Å². The Morgan fingerprint density at radius 2 is 1.83 bits per heavy atom. The molecule has 6 nitrogen and oxygen atoms in total. The van der Waals surface area contributed by atoms with Crippen LogP contribution in [0.5, 0.6) is 0 Å². The number of imide groups is 1. The average Bonchev–Trinajstić information content (AvgIpc) is 2.98. The van der Waals surface area contributed by atoms with Crippen molar-refractivity contribution in [3.63, 3.8) is 0 Å². The van der Waals surface area contributed by atoms with Gasteiger partial charge in [-0.15, -0.1) is 5.06 Å². The van der Waals surface area contributed by atoms with Crippen molar-refractivity contribution in [2.75, 3.05) is 0 Å². The van der Waals surface area contributed by atoms with Crippen molar-refractivity contribution in [3.05, 3.63) is 53.3 Å². The number of amides is 2. The molecule has 0 saturated carbocycles. The van der Waals surface area contributed by atoms with E-state index in [1.54, 1.807) is 36.7 Å². The van der Waals surface area contributed by atoms with Gasteiger partial charge in [-0.1, -0.05) is 12.1 Å². The van der Waals surface area contributed by atoms with Crippen LogP contribution in [0, 0.1) is 0 Å². The van der Waals surface area contributed by atoms with Crippen LogP contribution in [0.2, 0.25) is 0 Å². The van der Waals surface area contributed by atoms with Crippen LogP contribution in [-0.2, 0) is 11.4 Å². The molecule has 90 valence electrons. The first-order valence-electron chi connectivity index (χ1n) is 5.36. The van der Waals surface area contributed by atoms with Gasteiger partial charge in [0.15, 0.2) is 0 Å². The second-order valence-electron chi connectivity index (χ2n) is 3.83. The van der Waals surface area contributed by atoms with Gasteiger partial charge in [0.2, 0.25) is 0 Å². The predicted octanol–water partition coefficient (Wildman–Crippen LogP) is 1.14. The summed E-state index contributed by atoms with van der Waals surface area (Å²) in [5, 5.41) is 7.17. The maximum absolute atomic E-state index is 11.9. The molecule has 0 unspecified atom stereocenters. The molecule has 6 heteroatoms. The van der Waals surface area contributed by atoms with Gasteiger partial charge < -0.3 is 0 Å². The SMILES string of the molecule is O=C1c2ccccc2C(=O)N1OCc1cn[nH]c1. The summed E-state index contributed by atoms with van der Waals surface area (Å²) in [5.74, 6) is -0.863. The zero-order valence-corrected chi connectivity index (χ0v) is 9.29. The van der Waals surface area contributed by atoms with E-state index in [-0.39, 0.29) is 6.61 Å². The second-order valence-corrected chi connectivity index (χ2v) is 3.83. The Bertz CT molecular complexity index is 572. The van der Waals surface area contributed by atoms with Gasteiger partial charge in [0.1, 0.15) is 6.61 Å². The summed E-state index contributed by atoms with van der Waals surface area (Å²) < 4.78 is 0. The smallest absolute Gasteiger partial charge is 0.285 e. The molecule has 0 atom stereocenters. The van der Waals surface area contributed by atoms with Crippen molar-refractivity contribution in [1.29, 1.82) is 0 Å². The normalized spacial score (nSPS) is 14.1. The summed E-state index contributed by atoms with van der Waals surface area (Å²) in [7, 11) is 0. The highest BCUT2D eigenvalue weighted by molar-refractivity contribution is 6.20. The molecule has 0 fully saturated rings. The van der Waals surface area contributed by atoms with Gasteiger partial charge in [-0.25, -0.2) is 0 Å². The number of aromatic amines is 1. The molecule has 0 bridgehead atoms. The molecule has 18 heavy (non-hydrogen) atoms. The molecule has 0 radical (unpaired) electrons. The number of benzene rings is 1. The van der Waals surface area contributed by atoms with Crippen LogP contribution in [0.1, 0.15) is 26.3 Å². The Kier molecular flexibility index (Phi) is 2.42. The molecule has 1 N–H and O–H groups in total. The number of nitrogens with one attached hydrogen (secondary N) is 1. The Morgan fingerprint density at radius 1 is 1.17 bits per heavy atom. The van der Waals surface area contributed by atoms with Gasteiger partial charge in [0.05, 0.1) is 17.3 Å². The first-order valence-corrected chi connectivity index (χ1v) is 5.36. The number of hydrogen-bond acceptors (Lipinski definition) is 4. The predicted molar refractivity (Wildman–Crippen MR) is 60.3 cm³/mol. The van der Waals surface area contributed by atoms with Crippen molar-refractivity contribution in [2.45, 2.75) is 6.61 Å². The third kappa shape index (κ3) is 1.59. The highest BCUT2D eigenvalue weighted by Gasteiger charge is 2.36. The van der Waals surface area contributed by atoms with Gasteiger partial charge in [-0.05, 0) is 12.1 Å². The zero-order valence-electron chi connectivity index (χ0n) is 9.29. The van der Waals surface area contributed by atoms with Crippen molar-refractivity contribution in [2.24, 2.45) is 0 Å². The summed E-state index contributed by atoms with van der Waals surface area (Å²) >= 11 is 0. The number of rotatable bonds is 3. The van der Waals surface area contributed by atoms with Crippen LogP contribution in [0.25, 0.3) is 0 Å². The number of carbonyl (C=O) groups is 2. The molecule has 0 saturated heterocycles. The van der Waals surface area contributed by atoms with Crippen LogP contribution >= 0.6 is 0 Å². The van der Waals surface area contributed by atoms with Gasteiger partial charge in [0, 0.05) is 11.8 Å². The lowest BCUT2D eigenvalue weighted by Gasteiger charge is -2.12. The molecular weight excluding hydrogens is 234 g/mol. The molecular formula is C12H9N3O3. The van der Waals surface area contributed by atoms with Crippen LogP contribution in [0.4, 0.5) is 0 Å². The van der Waals surface area contributed by atoms with Crippen molar-refractivity contribution in [1.82, 2.24) is 15.3 Å². The number of nitrogens with zero attached hydrogens (tertiary/aromatic N) is 2. The number of H-pyrrole nitrogens is 1. The molecule has 2 amide bonds. The first kappa shape index (κ1) is 10.7. The molecule has 0 aliphatic carbocycles. The van der Waals surface area contributed by atoms with E-state index >= 15 is 0 Å². The van der Waals surface area contributed by atoms with Gasteiger partial charge in [-0.3, -0.25) is 19.5 Å². The van der Waals surface area contributed by atoms with E-state index in [1.807, 2.05) is 0 Å². The number of hydroxylamine groups is 2. The Hall–Kier alpha value is -2.47. The standard InChI is InChI=1S/C12H9N3O3/c16-11-9-3-1-2-4-10(9)12(17)15(11)18-7-8-5-13-14-6-8/h1-6H,7H2,(H,13,14). The molecule has 1 aliphatic heterocycles. The third-order valence-corrected chi connectivity index (χ3v) is 2.67. The highest BCUT2D eigenvalue weighted by atomic mass is 16.7. The van der Waals surface area contributed by atoms with E-state index in [0.717, 1.165) is 10.6 Å². The lowest BCUT2D eigenvalue weighted by atomic mass is 10.1. The van der Waals surface area contributed by atoms with Crippen LogP contribution in [0.15, 0.2) is 36.7 Å². The van der Waals surface area contributed by atoms with E-state index in [0.29, 0.717) is 11.1 Å². The molecule has 1 aliphatic rings. The Labute approximate surface area is 102 Å². The Morgan fingerprint density at radius 3 is 2.39 bits per heavy atom. The fourth-order valence-electron chi connectivity index (χ4n) is 1.78. The van der Waals surface area contributed by atoms with Gasteiger partial charge >= 0.3 is 0 Å². The monoisotopic (exact) mass is 243 g/mol. The summed E-state index contributed by atoms with van der Waals surface area (Å²) in [4.78, 5) is 29.1. The van der Waals surface area contributed by atoms with E-state index < -0.39 is 11.8 Å². The maximum atomic E-state index is 11.9. The zero-order chi connectivity index (χ0) is 12.5. The minimum absolute atomic E-state index is 0.113.